The molecule has 1 unspecified atom stereocenters. The number of phenols is 1. The molecule has 0 spiro atoms. The van der Waals surface area contributed by atoms with Crippen molar-refractivity contribution in [2.24, 2.45) is 0 Å². The molecule has 1 amide bonds. The maximum atomic E-state index is 11.9. The molecule has 86 valence electrons. The van der Waals surface area contributed by atoms with Crippen molar-refractivity contribution in [3.63, 3.8) is 0 Å². The minimum atomic E-state index is -0.434. The number of hydrogen-bond donors (Lipinski definition) is 2. The van der Waals surface area contributed by atoms with Gasteiger partial charge in [0.1, 0.15) is 5.75 Å². The van der Waals surface area contributed by atoms with Gasteiger partial charge in [-0.2, -0.15) is 0 Å². The summed E-state index contributed by atoms with van der Waals surface area (Å²) in [6.45, 7) is 0.913. The number of amides is 1. The number of hydrogen-bond acceptors (Lipinski definition) is 3. The lowest BCUT2D eigenvalue weighted by Crippen LogP contribution is -2.29. The molecule has 1 aliphatic rings. The van der Waals surface area contributed by atoms with E-state index in [1.807, 2.05) is 0 Å². The number of rotatable bonds is 1. The molecule has 5 heteroatoms. The molecule has 1 aliphatic heterocycles. The van der Waals surface area contributed by atoms with Crippen LogP contribution in [0.5, 0.6) is 5.75 Å². The number of aliphatic hydroxyl groups excluding tert-OH is 1. The van der Waals surface area contributed by atoms with Crippen LogP contribution in [-0.2, 0) is 0 Å². The first-order valence-corrected chi connectivity index (χ1v) is 5.41. The molecule has 2 N–H and O–H groups in total. The van der Waals surface area contributed by atoms with E-state index in [-0.39, 0.29) is 16.7 Å². The molecule has 0 radical (unpaired) electrons. The molecule has 4 nitrogen and oxygen atoms in total. The normalized spacial score (nSPS) is 20.1. The molecular weight excluding hydrogens is 230 g/mol. The summed E-state index contributed by atoms with van der Waals surface area (Å²) in [6, 6.07) is 4.35. The van der Waals surface area contributed by atoms with Crippen LogP contribution in [0.3, 0.4) is 0 Å². The zero-order valence-corrected chi connectivity index (χ0v) is 9.31. The van der Waals surface area contributed by atoms with E-state index in [9.17, 15) is 15.0 Å². The monoisotopic (exact) mass is 241 g/mol. The summed E-state index contributed by atoms with van der Waals surface area (Å²) in [5, 5.41) is 18.7. The van der Waals surface area contributed by atoms with Crippen LogP contribution in [-0.4, -0.2) is 40.2 Å². The van der Waals surface area contributed by atoms with Crippen molar-refractivity contribution >= 4 is 17.5 Å². The van der Waals surface area contributed by atoms with Crippen LogP contribution < -0.4 is 0 Å². The fourth-order valence-electron chi connectivity index (χ4n) is 1.75. The number of phenolic OH excluding ortho intramolecular Hbond substituents is 1. The van der Waals surface area contributed by atoms with Crippen LogP contribution in [0, 0.1) is 0 Å². The lowest BCUT2D eigenvalue weighted by atomic mass is 10.2. The molecule has 0 aliphatic carbocycles. The third-order valence-corrected chi connectivity index (χ3v) is 2.95. The fraction of sp³-hybridized carbons (Fsp3) is 0.364. The maximum Gasteiger partial charge on any atom is 0.253 e. The van der Waals surface area contributed by atoms with E-state index < -0.39 is 6.10 Å². The van der Waals surface area contributed by atoms with Crippen LogP contribution in [0.4, 0.5) is 0 Å². The van der Waals surface area contributed by atoms with Crippen LogP contribution >= 0.6 is 11.6 Å². The predicted molar refractivity (Wildman–Crippen MR) is 59.6 cm³/mol. The van der Waals surface area contributed by atoms with Crippen molar-refractivity contribution in [3.05, 3.63) is 28.8 Å². The highest BCUT2D eigenvalue weighted by atomic mass is 35.5. The molecule has 0 aromatic heterocycles. The van der Waals surface area contributed by atoms with Gasteiger partial charge in [-0.05, 0) is 24.6 Å². The average molecular weight is 242 g/mol. The molecule has 1 saturated heterocycles. The molecule has 1 heterocycles. The van der Waals surface area contributed by atoms with E-state index in [0.29, 0.717) is 25.1 Å². The van der Waals surface area contributed by atoms with Gasteiger partial charge in [-0.1, -0.05) is 11.6 Å². The summed E-state index contributed by atoms with van der Waals surface area (Å²) in [5.41, 5.74) is 0.428. The summed E-state index contributed by atoms with van der Waals surface area (Å²) in [5.74, 6) is -0.210. The summed E-state index contributed by atoms with van der Waals surface area (Å²) in [7, 11) is 0. The number of halogens is 1. The highest BCUT2D eigenvalue weighted by molar-refractivity contribution is 6.32. The van der Waals surface area contributed by atoms with Gasteiger partial charge >= 0.3 is 0 Å². The largest absolute Gasteiger partial charge is 0.506 e. The first kappa shape index (κ1) is 11.2. The molecule has 1 aromatic carbocycles. The quantitative estimate of drug-likeness (QED) is 0.778. The van der Waals surface area contributed by atoms with Gasteiger partial charge in [0, 0.05) is 18.7 Å². The van der Waals surface area contributed by atoms with E-state index >= 15 is 0 Å². The Morgan fingerprint density at radius 3 is 2.81 bits per heavy atom. The van der Waals surface area contributed by atoms with E-state index in [1.165, 1.54) is 18.2 Å². The Balaban J connectivity index is 2.18. The van der Waals surface area contributed by atoms with Gasteiger partial charge in [0.15, 0.2) is 0 Å². The van der Waals surface area contributed by atoms with Crippen molar-refractivity contribution in [1.29, 1.82) is 0 Å². The topological polar surface area (TPSA) is 60.8 Å². The number of nitrogens with zero attached hydrogens (tertiary/aromatic N) is 1. The zero-order chi connectivity index (χ0) is 11.7. The predicted octanol–water partition coefficient (Wildman–Crippen LogP) is 1.25. The molecule has 1 aromatic rings. The molecule has 0 bridgehead atoms. The Labute approximate surface area is 98.1 Å². The second kappa shape index (κ2) is 4.31. The van der Waals surface area contributed by atoms with Gasteiger partial charge in [0.25, 0.3) is 5.91 Å². The van der Waals surface area contributed by atoms with Crippen molar-refractivity contribution in [1.82, 2.24) is 4.90 Å². The van der Waals surface area contributed by atoms with Crippen LogP contribution in [0.15, 0.2) is 18.2 Å². The first-order chi connectivity index (χ1) is 7.58. The third kappa shape index (κ3) is 2.13. The zero-order valence-electron chi connectivity index (χ0n) is 8.56. The van der Waals surface area contributed by atoms with Gasteiger partial charge in [-0.25, -0.2) is 0 Å². The van der Waals surface area contributed by atoms with Gasteiger partial charge in [-0.3, -0.25) is 4.79 Å². The maximum absolute atomic E-state index is 11.9. The van der Waals surface area contributed by atoms with Gasteiger partial charge in [-0.15, -0.1) is 0 Å². The number of carbonyl (C=O) groups excluding carboxylic acids is 1. The Kier molecular flexibility index (Phi) is 3.03. The first-order valence-electron chi connectivity index (χ1n) is 5.04. The Morgan fingerprint density at radius 2 is 2.25 bits per heavy atom. The number of carbonyl (C=O) groups is 1. The molecule has 0 saturated carbocycles. The van der Waals surface area contributed by atoms with E-state index in [2.05, 4.69) is 0 Å². The van der Waals surface area contributed by atoms with Crippen LogP contribution in [0.1, 0.15) is 16.8 Å². The lowest BCUT2D eigenvalue weighted by molar-refractivity contribution is 0.0765. The van der Waals surface area contributed by atoms with Gasteiger partial charge in [0.05, 0.1) is 11.1 Å². The molecular formula is C11H12ClNO3. The molecule has 1 fully saturated rings. The summed E-state index contributed by atoms with van der Waals surface area (Å²) < 4.78 is 0. The summed E-state index contributed by atoms with van der Waals surface area (Å²) >= 11 is 5.72. The number of aliphatic hydroxyl groups is 1. The van der Waals surface area contributed by atoms with Gasteiger partial charge < -0.3 is 15.1 Å². The van der Waals surface area contributed by atoms with Crippen LogP contribution in [0.2, 0.25) is 5.02 Å². The average Bonchev–Trinajstić information content (AvgIpc) is 2.68. The van der Waals surface area contributed by atoms with E-state index in [1.54, 1.807) is 4.90 Å². The third-order valence-electron chi connectivity index (χ3n) is 2.65. The minimum Gasteiger partial charge on any atom is -0.506 e. The second-order valence-electron chi connectivity index (χ2n) is 3.86. The number of aromatic hydroxyl groups is 1. The number of likely N-dealkylation sites (tertiary alicyclic amines) is 1. The molecule has 16 heavy (non-hydrogen) atoms. The van der Waals surface area contributed by atoms with Crippen molar-refractivity contribution in [3.8, 4) is 5.75 Å². The van der Waals surface area contributed by atoms with Gasteiger partial charge in [0.2, 0.25) is 0 Å². The fourth-order valence-corrected chi connectivity index (χ4v) is 1.93. The smallest absolute Gasteiger partial charge is 0.253 e. The lowest BCUT2D eigenvalue weighted by Gasteiger charge is -2.15. The Bertz CT molecular complexity index is 422. The Hall–Kier alpha value is -1.26. The minimum absolute atomic E-state index is 0.0420. The van der Waals surface area contributed by atoms with Crippen LogP contribution in [0.25, 0.3) is 0 Å². The van der Waals surface area contributed by atoms with Crippen molar-refractivity contribution < 1.29 is 15.0 Å². The SMILES string of the molecule is O=C(c1ccc(O)c(Cl)c1)N1CCC(O)C1. The van der Waals surface area contributed by atoms with Crippen molar-refractivity contribution in [2.75, 3.05) is 13.1 Å². The van der Waals surface area contributed by atoms with E-state index in [0.717, 1.165) is 0 Å². The van der Waals surface area contributed by atoms with E-state index in [4.69, 9.17) is 11.6 Å². The van der Waals surface area contributed by atoms with Crippen molar-refractivity contribution in [2.45, 2.75) is 12.5 Å². The number of benzene rings is 1. The standard InChI is InChI=1S/C11H12ClNO3/c12-9-5-7(1-2-10(9)15)11(16)13-4-3-8(14)6-13/h1-2,5,8,14-15H,3-4,6H2. The highest BCUT2D eigenvalue weighted by Crippen LogP contribution is 2.25. The summed E-state index contributed by atoms with van der Waals surface area (Å²) in [6.07, 6.45) is 0.175. The number of β-amino-alcohol motifs (C(OH)–C–C–N with tert-alkyl or cyclic N) is 1. The molecule has 1 atom stereocenters. The molecule has 2 rings (SSSR count). The highest BCUT2D eigenvalue weighted by Gasteiger charge is 2.25. The second-order valence-corrected chi connectivity index (χ2v) is 4.27. The Morgan fingerprint density at radius 1 is 1.50 bits per heavy atom. The summed E-state index contributed by atoms with van der Waals surface area (Å²) in [4.78, 5) is 13.5.